The Hall–Kier alpha value is -2.95. The van der Waals surface area contributed by atoms with Crippen LogP contribution < -0.4 is 10.1 Å². The predicted molar refractivity (Wildman–Crippen MR) is 99.1 cm³/mol. The number of alkyl halides is 3. The van der Waals surface area contributed by atoms with E-state index in [9.17, 15) is 18.0 Å². The first-order valence-corrected chi connectivity index (χ1v) is 9.55. The lowest BCUT2D eigenvalue weighted by Crippen LogP contribution is -2.24. The quantitative estimate of drug-likeness (QED) is 0.551. The van der Waals surface area contributed by atoms with E-state index in [1.807, 2.05) is 11.5 Å². The number of rotatable bonds is 8. The minimum absolute atomic E-state index is 0.117. The summed E-state index contributed by atoms with van der Waals surface area (Å²) in [4.78, 5) is 12.1. The highest BCUT2D eigenvalue weighted by atomic mass is 32.2. The van der Waals surface area contributed by atoms with Crippen LogP contribution in [0.4, 0.5) is 13.2 Å². The van der Waals surface area contributed by atoms with Gasteiger partial charge in [0, 0.05) is 13.1 Å². The van der Waals surface area contributed by atoms with E-state index in [1.165, 1.54) is 36.0 Å². The number of furan rings is 1. The van der Waals surface area contributed by atoms with Gasteiger partial charge in [-0.2, -0.15) is 0 Å². The fourth-order valence-electron chi connectivity index (χ4n) is 2.46. The Labute approximate surface area is 168 Å². The summed E-state index contributed by atoms with van der Waals surface area (Å²) in [5.74, 6) is 0.742. The molecule has 0 bridgehead atoms. The molecule has 0 aliphatic carbocycles. The van der Waals surface area contributed by atoms with Gasteiger partial charge in [-0.05, 0) is 36.8 Å². The van der Waals surface area contributed by atoms with Crippen LogP contribution in [0.3, 0.4) is 0 Å². The van der Waals surface area contributed by atoms with Crippen molar-refractivity contribution in [2.45, 2.75) is 31.5 Å². The van der Waals surface area contributed by atoms with Gasteiger partial charge in [-0.3, -0.25) is 9.36 Å². The molecule has 0 aliphatic rings. The number of nitrogens with zero attached hydrogens (tertiary/aromatic N) is 3. The third kappa shape index (κ3) is 5.76. The second kappa shape index (κ2) is 9.03. The first-order chi connectivity index (χ1) is 13.9. The molecule has 1 amide bonds. The number of ether oxygens (including phenoxy) is 1. The average molecular weight is 426 g/mol. The second-order valence-corrected chi connectivity index (χ2v) is 6.73. The van der Waals surface area contributed by atoms with E-state index >= 15 is 0 Å². The van der Waals surface area contributed by atoms with Crippen molar-refractivity contribution in [3.05, 3.63) is 48.2 Å². The number of halogens is 3. The van der Waals surface area contributed by atoms with Crippen LogP contribution in [0.5, 0.6) is 5.75 Å². The monoisotopic (exact) mass is 426 g/mol. The highest BCUT2D eigenvalue weighted by Gasteiger charge is 2.30. The lowest BCUT2D eigenvalue weighted by Gasteiger charge is -2.10. The van der Waals surface area contributed by atoms with E-state index in [4.69, 9.17) is 4.42 Å². The largest absolute Gasteiger partial charge is 0.573 e. The number of benzene rings is 1. The van der Waals surface area contributed by atoms with Crippen molar-refractivity contribution in [1.29, 1.82) is 0 Å². The predicted octanol–water partition coefficient (Wildman–Crippen LogP) is 3.87. The first-order valence-electron chi connectivity index (χ1n) is 8.57. The fourth-order valence-corrected chi connectivity index (χ4v) is 3.29. The molecule has 2 heterocycles. The lowest BCUT2D eigenvalue weighted by atomic mass is 10.2. The van der Waals surface area contributed by atoms with Gasteiger partial charge in [-0.25, -0.2) is 0 Å². The Morgan fingerprint density at radius 2 is 2.00 bits per heavy atom. The Morgan fingerprint density at radius 3 is 2.62 bits per heavy atom. The number of carbonyl (C=O) groups excluding carboxylic acids is 1. The number of aromatic nitrogens is 3. The standard InChI is InChI=1S/C18H17F3N4O3S/c1-2-25-16(14-4-3-9-27-14)23-24-17(25)29-11-15(26)22-10-12-5-7-13(8-6-12)28-18(19,20)21/h3-9H,2,10-11H2,1H3,(H,22,26). The molecular formula is C18H17F3N4O3S. The van der Waals surface area contributed by atoms with Crippen molar-refractivity contribution >= 4 is 17.7 Å². The molecule has 3 rings (SSSR count). The molecule has 0 saturated carbocycles. The SMILES string of the molecule is CCn1c(SCC(=O)NCc2ccc(OC(F)(F)F)cc2)nnc1-c1ccco1. The van der Waals surface area contributed by atoms with E-state index in [0.29, 0.717) is 28.8 Å². The molecule has 0 fully saturated rings. The molecule has 0 spiro atoms. The summed E-state index contributed by atoms with van der Waals surface area (Å²) in [5.41, 5.74) is 0.648. The van der Waals surface area contributed by atoms with Gasteiger partial charge in [-0.1, -0.05) is 23.9 Å². The fraction of sp³-hybridized carbons (Fsp3) is 0.278. The van der Waals surface area contributed by atoms with E-state index in [0.717, 1.165) is 0 Å². The van der Waals surface area contributed by atoms with Crippen molar-refractivity contribution in [1.82, 2.24) is 20.1 Å². The molecule has 11 heteroatoms. The highest BCUT2D eigenvalue weighted by molar-refractivity contribution is 7.99. The van der Waals surface area contributed by atoms with Crippen molar-refractivity contribution in [2.75, 3.05) is 5.75 Å². The molecule has 1 aromatic carbocycles. The number of nitrogens with one attached hydrogen (secondary N) is 1. The van der Waals surface area contributed by atoms with Crippen LogP contribution in [0, 0.1) is 0 Å². The molecule has 3 aromatic rings. The van der Waals surface area contributed by atoms with Gasteiger partial charge < -0.3 is 14.5 Å². The topological polar surface area (TPSA) is 82.2 Å². The van der Waals surface area contributed by atoms with Crippen LogP contribution in [0.15, 0.2) is 52.2 Å². The number of hydrogen-bond donors (Lipinski definition) is 1. The number of carbonyl (C=O) groups is 1. The summed E-state index contributed by atoms with van der Waals surface area (Å²) < 4.78 is 47.5. The first kappa shape index (κ1) is 20.8. The zero-order valence-corrected chi connectivity index (χ0v) is 16.1. The summed E-state index contributed by atoms with van der Waals surface area (Å²) in [5, 5.41) is 11.5. The summed E-state index contributed by atoms with van der Waals surface area (Å²) in [7, 11) is 0. The third-order valence-electron chi connectivity index (χ3n) is 3.75. The van der Waals surface area contributed by atoms with Crippen LogP contribution in [-0.2, 0) is 17.9 Å². The van der Waals surface area contributed by atoms with Crippen LogP contribution in [0.1, 0.15) is 12.5 Å². The van der Waals surface area contributed by atoms with Gasteiger partial charge in [0.25, 0.3) is 0 Å². The zero-order chi connectivity index (χ0) is 20.9. The van der Waals surface area contributed by atoms with Gasteiger partial charge in [0.05, 0.1) is 12.0 Å². The molecule has 154 valence electrons. The molecule has 0 atom stereocenters. The Bertz CT molecular complexity index is 940. The van der Waals surface area contributed by atoms with Crippen LogP contribution in [-0.4, -0.2) is 32.8 Å². The molecule has 0 radical (unpaired) electrons. The average Bonchev–Trinajstić information content (AvgIpc) is 3.33. The molecule has 29 heavy (non-hydrogen) atoms. The van der Waals surface area contributed by atoms with Gasteiger partial charge in [0.2, 0.25) is 5.91 Å². The van der Waals surface area contributed by atoms with Crippen molar-refractivity contribution < 1.29 is 27.1 Å². The minimum atomic E-state index is -4.73. The molecule has 7 nitrogen and oxygen atoms in total. The molecule has 0 saturated heterocycles. The maximum absolute atomic E-state index is 12.2. The summed E-state index contributed by atoms with van der Waals surface area (Å²) in [6.07, 6.45) is -3.19. The molecule has 0 unspecified atom stereocenters. The number of hydrogen-bond acceptors (Lipinski definition) is 6. The molecule has 1 N–H and O–H groups in total. The van der Waals surface area contributed by atoms with E-state index in [1.54, 1.807) is 18.4 Å². The summed E-state index contributed by atoms with van der Waals surface area (Å²) in [6, 6.07) is 8.84. The van der Waals surface area contributed by atoms with E-state index in [2.05, 4.69) is 20.3 Å². The van der Waals surface area contributed by atoms with Gasteiger partial charge in [0.1, 0.15) is 5.75 Å². The third-order valence-corrected chi connectivity index (χ3v) is 4.72. The lowest BCUT2D eigenvalue weighted by molar-refractivity contribution is -0.274. The maximum Gasteiger partial charge on any atom is 0.573 e. The maximum atomic E-state index is 12.2. The Kier molecular flexibility index (Phi) is 6.47. The number of amides is 1. The van der Waals surface area contributed by atoms with Crippen LogP contribution >= 0.6 is 11.8 Å². The Morgan fingerprint density at radius 1 is 1.24 bits per heavy atom. The zero-order valence-electron chi connectivity index (χ0n) is 15.3. The molecular weight excluding hydrogens is 409 g/mol. The second-order valence-electron chi connectivity index (χ2n) is 5.78. The van der Waals surface area contributed by atoms with Gasteiger partial charge in [0.15, 0.2) is 16.7 Å². The normalized spacial score (nSPS) is 11.4. The van der Waals surface area contributed by atoms with E-state index in [-0.39, 0.29) is 24.0 Å². The van der Waals surface area contributed by atoms with Gasteiger partial charge in [-0.15, -0.1) is 23.4 Å². The summed E-state index contributed by atoms with van der Waals surface area (Å²) >= 11 is 1.23. The number of thioether (sulfide) groups is 1. The van der Waals surface area contributed by atoms with Gasteiger partial charge >= 0.3 is 6.36 Å². The Balaban J connectivity index is 1.50. The van der Waals surface area contributed by atoms with Crippen LogP contribution in [0.25, 0.3) is 11.6 Å². The molecule has 2 aromatic heterocycles. The van der Waals surface area contributed by atoms with Crippen molar-refractivity contribution in [3.63, 3.8) is 0 Å². The van der Waals surface area contributed by atoms with Crippen LogP contribution in [0.2, 0.25) is 0 Å². The van der Waals surface area contributed by atoms with Crippen molar-refractivity contribution in [3.8, 4) is 17.3 Å². The smallest absolute Gasteiger partial charge is 0.461 e. The summed E-state index contributed by atoms with van der Waals surface area (Å²) in [6.45, 7) is 2.73. The molecule has 0 aliphatic heterocycles. The van der Waals surface area contributed by atoms with E-state index < -0.39 is 6.36 Å². The van der Waals surface area contributed by atoms with Crippen molar-refractivity contribution in [2.24, 2.45) is 0 Å². The minimum Gasteiger partial charge on any atom is -0.461 e. The highest BCUT2D eigenvalue weighted by Crippen LogP contribution is 2.24.